The predicted molar refractivity (Wildman–Crippen MR) is 128 cm³/mol. The van der Waals surface area contributed by atoms with Crippen LogP contribution in [0.25, 0.3) is 11.3 Å². The predicted octanol–water partition coefficient (Wildman–Crippen LogP) is 4.40. The number of ether oxygens (including phenoxy) is 1. The van der Waals surface area contributed by atoms with E-state index in [-0.39, 0.29) is 51.7 Å². The van der Waals surface area contributed by atoms with Gasteiger partial charge in [0.05, 0.1) is 34.9 Å². The van der Waals surface area contributed by atoms with Crippen molar-refractivity contribution in [1.82, 2.24) is 19.9 Å². The molecule has 8 nitrogen and oxygen atoms in total. The Hall–Kier alpha value is -3.48. The highest BCUT2D eigenvalue weighted by atomic mass is 32.2. The van der Waals surface area contributed by atoms with Crippen molar-refractivity contribution >= 4 is 15.6 Å². The van der Waals surface area contributed by atoms with Crippen LogP contribution in [-0.2, 0) is 26.8 Å². The lowest BCUT2D eigenvalue weighted by Gasteiger charge is -2.15. The average molecular weight is 553 g/mol. The van der Waals surface area contributed by atoms with E-state index in [0.717, 1.165) is 12.3 Å². The molecule has 3 aromatic rings. The fraction of sp³-hybridized carbons (Fsp3) is 0.400. The Labute approximate surface area is 216 Å². The largest absolute Gasteiger partial charge is 0.467 e. The van der Waals surface area contributed by atoms with Crippen LogP contribution in [0.5, 0.6) is 5.88 Å². The highest BCUT2D eigenvalue weighted by molar-refractivity contribution is 7.91. The van der Waals surface area contributed by atoms with E-state index in [4.69, 9.17) is 0 Å². The van der Waals surface area contributed by atoms with Crippen molar-refractivity contribution < 1.29 is 35.5 Å². The third-order valence-corrected chi connectivity index (χ3v) is 8.10. The summed E-state index contributed by atoms with van der Waals surface area (Å²) in [5, 5.41) is -0.356. The molecule has 1 unspecified atom stereocenters. The van der Waals surface area contributed by atoms with E-state index in [0.29, 0.717) is 25.0 Å². The highest BCUT2D eigenvalue weighted by Gasteiger charge is 2.36. The number of ketones is 1. The van der Waals surface area contributed by atoms with Crippen molar-refractivity contribution in [2.45, 2.75) is 55.7 Å². The molecule has 1 aromatic carbocycles. The fourth-order valence-electron chi connectivity index (χ4n) is 3.88. The molecule has 0 saturated heterocycles. The minimum atomic E-state index is -4.55. The summed E-state index contributed by atoms with van der Waals surface area (Å²) < 4.78 is 81.3. The summed E-state index contributed by atoms with van der Waals surface area (Å²) in [6.45, 7) is 0.237. The van der Waals surface area contributed by atoms with Gasteiger partial charge >= 0.3 is 6.18 Å². The molecular weight excluding hydrogens is 528 g/mol. The molecule has 0 radical (unpaired) electrons. The van der Waals surface area contributed by atoms with Crippen LogP contribution in [0.3, 0.4) is 0 Å². The smallest absolute Gasteiger partial charge is 0.422 e. The number of sulfone groups is 1. The molecular formula is C25H24F4N4O4S. The van der Waals surface area contributed by atoms with Gasteiger partial charge in [0.1, 0.15) is 23.2 Å². The van der Waals surface area contributed by atoms with Gasteiger partial charge in [0.15, 0.2) is 16.4 Å². The number of hydrogen-bond acceptors (Lipinski definition) is 8. The summed E-state index contributed by atoms with van der Waals surface area (Å²) in [5.41, 5.74) is 0.826. The van der Waals surface area contributed by atoms with Gasteiger partial charge in [0.2, 0.25) is 5.88 Å². The molecule has 0 spiro atoms. The first-order valence-corrected chi connectivity index (χ1v) is 13.5. The second kappa shape index (κ2) is 11.1. The second-order valence-corrected chi connectivity index (χ2v) is 11.2. The molecule has 1 aliphatic rings. The van der Waals surface area contributed by atoms with Crippen LogP contribution in [-0.4, -0.2) is 52.2 Å². The molecule has 1 saturated carbocycles. The Morgan fingerprint density at radius 3 is 2.58 bits per heavy atom. The summed E-state index contributed by atoms with van der Waals surface area (Å²) in [5.74, 6) is -2.23. The lowest BCUT2D eigenvalue weighted by atomic mass is 9.92. The molecule has 38 heavy (non-hydrogen) atoms. The van der Waals surface area contributed by atoms with Crippen molar-refractivity contribution in [3.8, 4) is 17.1 Å². The first-order chi connectivity index (χ1) is 17.9. The van der Waals surface area contributed by atoms with Gasteiger partial charge in [0, 0.05) is 18.2 Å². The number of carbonyl (C=O) groups excluding carboxylic acids is 1. The zero-order chi connectivity index (χ0) is 27.5. The van der Waals surface area contributed by atoms with Gasteiger partial charge in [-0.05, 0) is 37.0 Å². The number of aromatic nitrogens is 4. The van der Waals surface area contributed by atoms with Gasteiger partial charge in [-0.1, -0.05) is 19.1 Å². The molecule has 1 aliphatic carbocycles. The maximum atomic E-state index is 14.9. The molecule has 1 fully saturated rings. The summed E-state index contributed by atoms with van der Waals surface area (Å²) in [7, 11) is -3.33. The summed E-state index contributed by atoms with van der Waals surface area (Å²) in [6.07, 6.45) is 0.523. The Bertz CT molecular complexity index is 1430. The number of rotatable bonds is 11. The SMILES string of the molecule is CCC(C(=O)Cc1ccc(-c2cncc(OCC(F)(F)F)n2)cc1F)c1ccnc(CS(=O)(=O)C2CC2)n1. The Morgan fingerprint density at radius 1 is 1.16 bits per heavy atom. The Kier molecular flexibility index (Phi) is 8.05. The van der Waals surface area contributed by atoms with Crippen LogP contribution in [0.1, 0.15) is 49.2 Å². The van der Waals surface area contributed by atoms with E-state index in [1.165, 1.54) is 24.5 Å². The van der Waals surface area contributed by atoms with Crippen molar-refractivity contribution in [2.75, 3.05) is 6.61 Å². The van der Waals surface area contributed by atoms with Crippen LogP contribution in [0.15, 0.2) is 42.9 Å². The van der Waals surface area contributed by atoms with Gasteiger partial charge < -0.3 is 4.74 Å². The second-order valence-electron chi connectivity index (χ2n) is 8.96. The maximum absolute atomic E-state index is 14.9. The normalized spacial score (nSPS) is 14.8. The number of benzene rings is 1. The summed E-state index contributed by atoms with van der Waals surface area (Å²) >= 11 is 0. The van der Waals surface area contributed by atoms with Crippen LogP contribution < -0.4 is 4.74 Å². The molecule has 0 amide bonds. The molecule has 13 heteroatoms. The van der Waals surface area contributed by atoms with Crippen molar-refractivity contribution in [1.29, 1.82) is 0 Å². The Balaban J connectivity index is 1.47. The fourth-order valence-corrected chi connectivity index (χ4v) is 5.47. The zero-order valence-corrected chi connectivity index (χ0v) is 21.1. The number of Topliss-reactive ketones (excluding diaryl/α,β-unsaturated/α-hetero) is 1. The van der Waals surface area contributed by atoms with Gasteiger partial charge in [0.25, 0.3) is 0 Å². The lowest BCUT2D eigenvalue weighted by Crippen LogP contribution is -2.19. The topological polar surface area (TPSA) is 112 Å². The van der Waals surface area contributed by atoms with E-state index in [1.807, 2.05) is 0 Å². The number of carbonyl (C=O) groups is 1. The molecule has 4 rings (SSSR count). The minimum Gasteiger partial charge on any atom is -0.467 e. The summed E-state index contributed by atoms with van der Waals surface area (Å²) in [6, 6.07) is 5.54. The van der Waals surface area contributed by atoms with E-state index < -0.39 is 34.4 Å². The average Bonchev–Trinajstić information content (AvgIpc) is 3.71. The number of nitrogens with zero attached hydrogens (tertiary/aromatic N) is 4. The molecule has 2 heterocycles. The Morgan fingerprint density at radius 2 is 1.92 bits per heavy atom. The third kappa shape index (κ3) is 7.09. The molecule has 1 atom stereocenters. The molecule has 202 valence electrons. The van der Waals surface area contributed by atoms with E-state index in [1.54, 1.807) is 13.0 Å². The van der Waals surface area contributed by atoms with Gasteiger partial charge in [-0.15, -0.1) is 0 Å². The number of alkyl halides is 3. The number of halogens is 4. The van der Waals surface area contributed by atoms with E-state index in [9.17, 15) is 30.8 Å². The maximum Gasteiger partial charge on any atom is 0.422 e. The van der Waals surface area contributed by atoms with Gasteiger partial charge in [-0.3, -0.25) is 9.78 Å². The van der Waals surface area contributed by atoms with Crippen molar-refractivity contribution in [3.63, 3.8) is 0 Å². The van der Waals surface area contributed by atoms with Crippen molar-refractivity contribution in [3.05, 3.63) is 65.8 Å². The summed E-state index contributed by atoms with van der Waals surface area (Å²) in [4.78, 5) is 29.2. The quantitative estimate of drug-likeness (QED) is 0.322. The monoisotopic (exact) mass is 552 g/mol. The first kappa shape index (κ1) is 27.6. The van der Waals surface area contributed by atoms with E-state index in [2.05, 4.69) is 24.7 Å². The highest BCUT2D eigenvalue weighted by Crippen LogP contribution is 2.31. The third-order valence-electron chi connectivity index (χ3n) is 5.95. The van der Waals surface area contributed by atoms with Crippen LogP contribution in [0.4, 0.5) is 17.6 Å². The zero-order valence-electron chi connectivity index (χ0n) is 20.3. The van der Waals surface area contributed by atoms with Crippen LogP contribution in [0.2, 0.25) is 0 Å². The lowest BCUT2D eigenvalue weighted by molar-refractivity contribution is -0.154. The van der Waals surface area contributed by atoms with Crippen LogP contribution >= 0.6 is 0 Å². The van der Waals surface area contributed by atoms with Gasteiger partial charge in [-0.2, -0.15) is 13.2 Å². The minimum absolute atomic E-state index is 0.0996. The molecule has 2 aromatic heterocycles. The molecule has 0 bridgehead atoms. The van der Waals surface area contributed by atoms with Gasteiger partial charge in [-0.25, -0.2) is 27.8 Å². The number of hydrogen-bond donors (Lipinski definition) is 0. The molecule has 0 aliphatic heterocycles. The van der Waals surface area contributed by atoms with E-state index >= 15 is 0 Å². The van der Waals surface area contributed by atoms with Crippen LogP contribution in [0, 0.1) is 5.82 Å². The molecule has 0 N–H and O–H groups in total. The van der Waals surface area contributed by atoms with Crippen molar-refractivity contribution in [2.24, 2.45) is 0 Å². The standard InChI is InChI=1S/C25H24F4N4O4S/c1-2-18(20-7-8-31-23(32-20)13-38(35,36)17-5-6-17)22(34)10-15-3-4-16(9-19(15)26)21-11-30-12-24(33-21)37-14-25(27,28)29/h3-4,7-9,11-12,17-18H,2,5-6,10,13-14H2,1H3. The first-order valence-electron chi connectivity index (χ1n) is 11.8.